The van der Waals surface area contributed by atoms with Gasteiger partial charge in [0.05, 0.1) is 18.1 Å². The Morgan fingerprint density at radius 3 is 3.00 bits per heavy atom. The summed E-state index contributed by atoms with van der Waals surface area (Å²) in [5.41, 5.74) is 0.0730. The van der Waals surface area contributed by atoms with Crippen molar-refractivity contribution in [3.05, 3.63) is 54.2 Å². The van der Waals surface area contributed by atoms with Crippen LogP contribution in [-0.2, 0) is 4.74 Å². The van der Waals surface area contributed by atoms with Gasteiger partial charge in [-0.05, 0) is 37.1 Å². The van der Waals surface area contributed by atoms with Crippen molar-refractivity contribution in [2.24, 2.45) is 5.41 Å². The van der Waals surface area contributed by atoms with Crippen molar-refractivity contribution >= 4 is 5.91 Å². The first-order chi connectivity index (χ1) is 12.7. The van der Waals surface area contributed by atoms with Crippen LogP contribution in [0, 0.1) is 11.2 Å². The summed E-state index contributed by atoms with van der Waals surface area (Å²) in [6.45, 7) is 1.99. The lowest BCUT2D eigenvalue weighted by Crippen LogP contribution is -2.54. The largest absolute Gasteiger partial charge is 0.475 e. The van der Waals surface area contributed by atoms with Crippen molar-refractivity contribution in [2.75, 3.05) is 26.3 Å². The Morgan fingerprint density at radius 1 is 1.31 bits per heavy atom. The van der Waals surface area contributed by atoms with Gasteiger partial charge in [0.25, 0.3) is 5.91 Å². The van der Waals surface area contributed by atoms with Crippen LogP contribution in [0.1, 0.15) is 23.3 Å². The summed E-state index contributed by atoms with van der Waals surface area (Å²) in [4.78, 5) is 22.7. The van der Waals surface area contributed by atoms with Gasteiger partial charge in [-0.25, -0.2) is 9.37 Å². The second-order valence-corrected chi connectivity index (χ2v) is 6.78. The van der Waals surface area contributed by atoms with Crippen LogP contribution in [0.15, 0.2) is 42.7 Å². The maximum atomic E-state index is 13.8. The highest BCUT2D eigenvalue weighted by atomic mass is 19.1. The van der Waals surface area contributed by atoms with Gasteiger partial charge >= 0.3 is 0 Å². The van der Waals surface area contributed by atoms with Crippen LogP contribution in [0.25, 0.3) is 0 Å². The lowest BCUT2D eigenvalue weighted by Gasteiger charge is -2.43. The fourth-order valence-corrected chi connectivity index (χ4v) is 3.77. The van der Waals surface area contributed by atoms with E-state index in [2.05, 4.69) is 9.97 Å². The van der Waals surface area contributed by atoms with E-state index in [0.717, 1.165) is 12.8 Å². The fourth-order valence-electron chi connectivity index (χ4n) is 3.77. The van der Waals surface area contributed by atoms with Crippen LogP contribution in [-0.4, -0.2) is 53.2 Å². The molecular formula is C19H20FN3O3. The molecule has 2 atom stereocenters. The minimum atomic E-state index is -0.489. The molecule has 0 aliphatic carbocycles. The molecule has 0 N–H and O–H groups in total. The molecule has 2 saturated heterocycles. The number of pyridine rings is 2. The molecule has 2 aliphatic heterocycles. The Labute approximate surface area is 151 Å². The average molecular weight is 357 g/mol. The Bertz CT molecular complexity index is 789. The third-order valence-electron chi connectivity index (χ3n) is 5.16. The number of nitrogens with zero attached hydrogens (tertiary/aromatic N) is 3. The van der Waals surface area contributed by atoms with E-state index in [0.29, 0.717) is 25.4 Å². The number of fused-ring (bicyclic) bond motifs is 1. The van der Waals surface area contributed by atoms with Crippen molar-refractivity contribution in [2.45, 2.75) is 18.9 Å². The number of carbonyl (C=O) groups excluding carboxylic acids is 1. The van der Waals surface area contributed by atoms with Crippen molar-refractivity contribution in [1.82, 2.24) is 14.9 Å². The van der Waals surface area contributed by atoms with Gasteiger partial charge in [-0.2, -0.15) is 0 Å². The lowest BCUT2D eigenvalue weighted by molar-refractivity contribution is -0.0339. The molecule has 2 fully saturated rings. The minimum absolute atomic E-state index is 0.00190. The van der Waals surface area contributed by atoms with E-state index >= 15 is 0 Å². The van der Waals surface area contributed by atoms with E-state index in [-0.39, 0.29) is 29.9 Å². The summed E-state index contributed by atoms with van der Waals surface area (Å²) in [7, 11) is 0. The van der Waals surface area contributed by atoms with E-state index in [9.17, 15) is 9.18 Å². The molecule has 0 saturated carbocycles. The summed E-state index contributed by atoms with van der Waals surface area (Å²) in [5.74, 6) is -0.600. The van der Waals surface area contributed by atoms with Crippen molar-refractivity contribution in [3.8, 4) is 5.88 Å². The molecule has 0 aromatic carbocycles. The number of hydrogen-bond acceptors (Lipinski definition) is 5. The number of aromatic nitrogens is 2. The smallest absolute Gasteiger partial charge is 0.272 e. The van der Waals surface area contributed by atoms with Crippen LogP contribution in [0.4, 0.5) is 4.39 Å². The summed E-state index contributed by atoms with van der Waals surface area (Å²) in [6.07, 6.45) is 4.60. The summed E-state index contributed by atoms with van der Waals surface area (Å²) in [5, 5.41) is 0. The Hall–Kier alpha value is -2.54. The number of hydrogen-bond donors (Lipinski definition) is 0. The van der Waals surface area contributed by atoms with E-state index in [1.165, 1.54) is 18.3 Å². The molecule has 2 aliphatic rings. The van der Waals surface area contributed by atoms with E-state index in [4.69, 9.17) is 9.47 Å². The second-order valence-electron chi connectivity index (χ2n) is 6.78. The highest BCUT2D eigenvalue weighted by Crippen LogP contribution is 2.41. The molecule has 0 spiro atoms. The SMILES string of the molecule is O=C(c1ccccn1)N1CC[C@@H]2OCC[C@]2(COc2ncccc2F)C1. The van der Waals surface area contributed by atoms with Crippen molar-refractivity contribution in [1.29, 1.82) is 0 Å². The number of likely N-dealkylation sites (tertiary alicyclic amines) is 1. The van der Waals surface area contributed by atoms with Crippen LogP contribution >= 0.6 is 0 Å². The quantitative estimate of drug-likeness (QED) is 0.840. The van der Waals surface area contributed by atoms with Gasteiger partial charge in [0.1, 0.15) is 5.69 Å². The van der Waals surface area contributed by atoms with E-state index in [1.807, 2.05) is 0 Å². The molecule has 26 heavy (non-hydrogen) atoms. The number of amides is 1. The highest BCUT2D eigenvalue weighted by Gasteiger charge is 2.49. The predicted molar refractivity (Wildman–Crippen MR) is 91.2 cm³/mol. The number of piperidine rings is 1. The maximum absolute atomic E-state index is 13.8. The first kappa shape index (κ1) is 16.9. The highest BCUT2D eigenvalue weighted by molar-refractivity contribution is 5.92. The zero-order valence-electron chi connectivity index (χ0n) is 14.3. The Kier molecular flexibility index (Phi) is 4.55. The molecule has 6 nitrogen and oxygen atoms in total. The van der Waals surface area contributed by atoms with Gasteiger partial charge in [-0.3, -0.25) is 9.78 Å². The zero-order valence-corrected chi connectivity index (χ0v) is 14.3. The molecule has 0 radical (unpaired) electrons. The summed E-state index contributed by atoms with van der Waals surface area (Å²) < 4.78 is 25.4. The number of ether oxygens (including phenoxy) is 2. The van der Waals surface area contributed by atoms with Crippen LogP contribution in [0.2, 0.25) is 0 Å². The molecule has 136 valence electrons. The molecule has 4 rings (SSSR count). The van der Waals surface area contributed by atoms with E-state index in [1.54, 1.807) is 29.3 Å². The summed E-state index contributed by atoms with van der Waals surface area (Å²) >= 11 is 0. The topological polar surface area (TPSA) is 64.6 Å². The van der Waals surface area contributed by atoms with Crippen LogP contribution in [0.5, 0.6) is 5.88 Å². The molecule has 0 unspecified atom stereocenters. The zero-order chi connectivity index (χ0) is 18.0. The molecule has 0 bridgehead atoms. The predicted octanol–water partition coefficient (Wildman–Crippen LogP) is 2.32. The first-order valence-electron chi connectivity index (χ1n) is 8.73. The minimum Gasteiger partial charge on any atom is -0.475 e. The van der Waals surface area contributed by atoms with Crippen molar-refractivity contribution < 1.29 is 18.7 Å². The van der Waals surface area contributed by atoms with Gasteiger partial charge in [0.15, 0.2) is 5.82 Å². The molecular weight excluding hydrogens is 337 g/mol. The lowest BCUT2D eigenvalue weighted by atomic mass is 9.77. The monoisotopic (exact) mass is 357 g/mol. The Morgan fingerprint density at radius 2 is 2.19 bits per heavy atom. The fraction of sp³-hybridized carbons (Fsp3) is 0.421. The van der Waals surface area contributed by atoms with Gasteiger partial charge in [0.2, 0.25) is 5.88 Å². The maximum Gasteiger partial charge on any atom is 0.272 e. The standard InChI is InChI=1S/C19H20FN3O3/c20-14-4-3-9-22-17(14)26-13-19-7-11-25-16(19)6-10-23(12-19)18(24)15-5-1-2-8-21-15/h1-5,8-9,16H,6-7,10-13H2/t16-,19+/m0/s1. The van der Waals surface area contributed by atoms with E-state index < -0.39 is 5.82 Å². The number of halogens is 1. The van der Waals surface area contributed by atoms with Crippen LogP contribution < -0.4 is 4.74 Å². The van der Waals surface area contributed by atoms with Gasteiger partial charge in [0, 0.05) is 32.1 Å². The summed E-state index contributed by atoms with van der Waals surface area (Å²) in [6, 6.07) is 8.14. The molecule has 2 aromatic heterocycles. The van der Waals surface area contributed by atoms with Crippen molar-refractivity contribution in [3.63, 3.8) is 0 Å². The molecule has 7 heteroatoms. The van der Waals surface area contributed by atoms with Gasteiger partial charge in [-0.1, -0.05) is 6.07 Å². The van der Waals surface area contributed by atoms with Crippen LogP contribution in [0.3, 0.4) is 0 Å². The van der Waals surface area contributed by atoms with Gasteiger partial charge < -0.3 is 14.4 Å². The molecule has 1 amide bonds. The average Bonchev–Trinajstić information content (AvgIpc) is 3.11. The normalized spacial score (nSPS) is 25.0. The first-order valence-corrected chi connectivity index (χ1v) is 8.73. The number of carbonyl (C=O) groups is 1. The third-order valence-corrected chi connectivity index (χ3v) is 5.16. The molecule has 2 aromatic rings. The van der Waals surface area contributed by atoms with Gasteiger partial charge in [-0.15, -0.1) is 0 Å². The third kappa shape index (κ3) is 3.14. The second kappa shape index (κ2) is 6.99. The number of rotatable bonds is 4. The molecule has 4 heterocycles. The Balaban J connectivity index is 1.51.